The van der Waals surface area contributed by atoms with Gasteiger partial charge in [-0.1, -0.05) is 73.5 Å². The van der Waals surface area contributed by atoms with Gasteiger partial charge >= 0.3 is 11.9 Å². The number of ether oxygens (including phenoxy) is 1. The van der Waals surface area contributed by atoms with Gasteiger partial charge < -0.3 is 20.1 Å². The third kappa shape index (κ3) is 5.73. The number of nitrogens with zero attached hydrogens (tertiary/aromatic N) is 1. The first-order valence-electron chi connectivity index (χ1n) is 22.9. The Labute approximate surface area is 333 Å². The molecule has 0 spiro atoms. The van der Waals surface area contributed by atoms with E-state index in [4.69, 9.17) is 4.74 Å². The van der Waals surface area contributed by atoms with Crippen molar-refractivity contribution < 1.29 is 24.2 Å². The number of nitrogens with one attached hydrogen (secondary N) is 1. The molecule has 308 valence electrons. The van der Waals surface area contributed by atoms with Crippen molar-refractivity contribution in [1.29, 1.82) is 0 Å². The molecule has 0 unspecified atom stereocenters. The Balaban J connectivity index is 1.03. The normalized spacial score (nSPS) is 46.6. The summed E-state index contributed by atoms with van der Waals surface area (Å²) in [6.45, 7) is 26.7. The fraction of sp³-hybridized carbons (Fsp3) is 0.896. The third-order valence-corrected chi connectivity index (χ3v) is 20.2. The smallest absolute Gasteiger partial charge is 0.309 e. The van der Waals surface area contributed by atoms with E-state index in [9.17, 15) is 14.7 Å². The summed E-state index contributed by atoms with van der Waals surface area (Å²) in [5.74, 6) is 0.888. The van der Waals surface area contributed by atoms with Gasteiger partial charge in [-0.15, -0.1) is 0 Å². The summed E-state index contributed by atoms with van der Waals surface area (Å²) in [5, 5.41) is 13.6. The summed E-state index contributed by atoms with van der Waals surface area (Å²) in [6.07, 6.45) is 18.4. The molecule has 1 aliphatic heterocycles. The Hall–Kier alpha value is -1.89. The molecule has 7 saturated carbocycles. The molecule has 0 bridgehead atoms. The van der Waals surface area contributed by atoms with E-state index in [1.807, 2.05) is 13.8 Å². The lowest BCUT2D eigenvalue weighted by Crippen LogP contribution is -2.68. The molecule has 0 aromatic heterocycles. The van der Waals surface area contributed by atoms with Crippen molar-refractivity contribution >= 4 is 17.8 Å². The van der Waals surface area contributed by atoms with Crippen LogP contribution >= 0.6 is 0 Å². The zero-order valence-corrected chi connectivity index (χ0v) is 36.0. The van der Waals surface area contributed by atoms with Gasteiger partial charge in [-0.05, 0) is 168 Å². The summed E-state index contributed by atoms with van der Waals surface area (Å²) >= 11 is 0. The number of carboxylic acid groups (broad SMARTS) is 1. The third-order valence-electron chi connectivity index (χ3n) is 20.2. The highest BCUT2D eigenvalue weighted by atomic mass is 16.5. The van der Waals surface area contributed by atoms with Crippen LogP contribution in [0.4, 0.5) is 0 Å². The molecule has 1 amide bonds. The van der Waals surface area contributed by atoms with Crippen molar-refractivity contribution in [2.45, 2.75) is 176 Å². The van der Waals surface area contributed by atoms with E-state index in [0.717, 1.165) is 64.3 Å². The van der Waals surface area contributed by atoms with Crippen molar-refractivity contribution in [3.63, 3.8) is 0 Å². The molecular formula is C48H76N2O5. The van der Waals surface area contributed by atoms with Crippen LogP contribution < -0.4 is 5.32 Å². The average molecular weight is 761 g/mol. The van der Waals surface area contributed by atoms with Gasteiger partial charge in [-0.25, -0.2) is 0 Å². The monoisotopic (exact) mass is 761 g/mol. The number of rotatable bonds is 8. The van der Waals surface area contributed by atoms with Crippen LogP contribution in [0.3, 0.4) is 0 Å². The lowest BCUT2D eigenvalue weighted by atomic mass is 9.32. The van der Waals surface area contributed by atoms with Crippen LogP contribution in [-0.4, -0.2) is 59.1 Å². The molecule has 55 heavy (non-hydrogen) atoms. The van der Waals surface area contributed by atoms with Crippen LogP contribution in [-0.2, 0) is 19.1 Å². The number of esters is 1. The molecule has 7 nitrogen and oxygen atoms in total. The van der Waals surface area contributed by atoms with Gasteiger partial charge in [0, 0.05) is 12.0 Å². The second-order valence-electron chi connectivity index (χ2n) is 23.1. The first kappa shape index (κ1) is 39.9. The van der Waals surface area contributed by atoms with Gasteiger partial charge in [-0.2, -0.15) is 0 Å². The SMILES string of the molecule is C=C(C)[C@@H]1CC[C@]2(C(=O)NC3(CN4CCCC4)CCCC3)CC[C@]3(C)[C@H](CC[C@@H]4[C@@]5(C)CC[C@H](OC(=O)[C@H]6C[C@@H](C(=O)O)C6(C)C)C(C)(C)[C@@H]5CC[C@]43C)[C@@H]12. The zero-order chi connectivity index (χ0) is 39.6. The summed E-state index contributed by atoms with van der Waals surface area (Å²) in [6, 6.07) is 0. The number of hydrogen-bond donors (Lipinski definition) is 2. The average Bonchev–Trinajstić information content (AvgIpc) is 3.87. The molecule has 12 atom stereocenters. The molecule has 8 aliphatic rings. The van der Waals surface area contributed by atoms with Gasteiger partial charge in [0.1, 0.15) is 6.10 Å². The Morgan fingerprint density at radius 1 is 0.745 bits per heavy atom. The summed E-state index contributed by atoms with van der Waals surface area (Å²) < 4.78 is 6.46. The topological polar surface area (TPSA) is 95.9 Å². The summed E-state index contributed by atoms with van der Waals surface area (Å²) in [5.41, 5.74) is 0.676. The minimum Gasteiger partial charge on any atom is -0.481 e. The predicted molar refractivity (Wildman–Crippen MR) is 217 cm³/mol. The fourth-order valence-corrected chi connectivity index (χ4v) is 16.8. The van der Waals surface area contributed by atoms with Gasteiger partial charge in [0.2, 0.25) is 5.91 Å². The van der Waals surface area contributed by atoms with Crippen LogP contribution in [0.25, 0.3) is 0 Å². The van der Waals surface area contributed by atoms with Crippen LogP contribution in [0.2, 0.25) is 0 Å². The molecular weight excluding hydrogens is 685 g/mol. The van der Waals surface area contributed by atoms with Crippen molar-refractivity contribution in [3.05, 3.63) is 12.2 Å². The number of carbonyl (C=O) groups excluding carboxylic acids is 2. The molecule has 0 aromatic rings. The Bertz CT molecular complexity index is 1570. The number of carboxylic acids is 1. The number of likely N-dealkylation sites (tertiary alicyclic amines) is 1. The van der Waals surface area contributed by atoms with E-state index >= 15 is 4.79 Å². The van der Waals surface area contributed by atoms with E-state index in [2.05, 4.69) is 58.3 Å². The lowest BCUT2D eigenvalue weighted by molar-refractivity contribution is -0.251. The highest BCUT2D eigenvalue weighted by Crippen LogP contribution is 2.77. The highest BCUT2D eigenvalue weighted by Gasteiger charge is 2.72. The van der Waals surface area contributed by atoms with Crippen LogP contribution in [0.15, 0.2) is 12.2 Å². The number of allylic oxidation sites excluding steroid dienone is 1. The first-order valence-corrected chi connectivity index (χ1v) is 22.9. The van der Waals surface area contributed by atoms with E-state index < -0.39 is 17.3 Å². The second kappa shape index (κ2) is 13.3. The van der Waals surface area contributed by atoms with Gasteiger partial charge in [0.05, 0.1) is 22.8 Å². The summed E-state index contributed by atoms with van der Waals surface area (Å²) in [7, 11) is 0. The van der Waals surface area contributed by atoms with Crippen molar-refractivity contribution in [2.24, 2.45) is 73.9 Å². The molecule has 7 heteroatoms. The maximum atomic E-state index is 15.2. The Kier molecular flexibility index (Phi) is 9.66. The van der Waals surface area contributed by atoms with E-state index in [-0.39, 0.29) is 50.6 Å². The Morgan fingerprint density at radius 3 is 2.07 bits per heavy atom. The van der Waals surface area contributed by atoms with Gasteiger partial charge in [0.15, 0.2) is 0 Å². The molecule has 2 N–H and O–H groups in total. The second-order valence-corrected chi connectivity index (χ2v) is 23.1. The van der Waals surface area contributed by atoms with Crippen LogP contribution in [0.5, 0.6) is 0 Å². The summed E-state index contributed by atoms with van der Waals surface area (Å²) in [4.78, 5) is 43.3. The number of carbonyl (C=O) groups is 3. The van der Waals surface area contributed by atoms with Crippen molar-refractivity contribution in [1.82, 2.24) is 10.2 Å². The van der Waals surface area contributed by atoms with E-state index in [1.54, 1.807) is 0 Å². The van der Waals surface area contributed by atoms with E-state index in [0.29, 0.717) is 41.9 Å². The zero-order valence-electron chi connectivity index (χ0n) is 36.0. The maximum Gasteiger partial charge on any atom is 0.309 e. The van der Waals surface area contributed by atoms with Crippen LogP contribution in [0.1, 0.15) is 165 Å². The van der Waals surface area contributed by atoms with Gasteiger partial charge in [-0.3, -0.25) is 14.4 Å². The Morgan fingerprint density at radius 2 is 1.44 bits per heavy atom. The highest BCUT2D eigenvalue weighted by molar-refractivity contribution is 5.85. The molecule has 1 heterocycles. The molecule has 8 rings (SSSR count). The molecule has 0 radical (unpaired) electrons. The standard InChI is InChI=1S/C48H76N2O5/c1-30(2)31-16-23-48(41(54)49-47(19-10-11-20-47)29-50-26-12-13-27-50)25-24-45(8)32(38(31)48)14-15-36-44(7)21-18-37(43(5,6)35(44)17-22-46(36,45)9)55-40(53)34-28-33(39(51)52)42(34,3)4/h31-38H,1,10-29H2,2-9H3,(H,49,54)(H,51,52)/t31-,32+,33-,34+,35-,36+,37-,38+,44-,45+,46+,48-/m0/s1. The predicted octanol–water partition coefficient (Wildman–Crippen LogP) is 9.83. The van der Waals surface area contributed by atoms with E-state index in [1.165, 1.54) is 63.6 Å². The molecule has 0 aromatic carbocycles. The van der Waals surface area contributed by atoms with Crippen LogP contribution in [0, 0.1) is 73.9 Å². The quantitative estimate of drug-likeness (QED) is 0.189. The minimum atomic E-state index is -0.808. The number of aliphatic carboxylic acids is 1. The van der Waals surface area contributed by atoms with Gasteiger partial charge in [0.25, 0.3) is 0 Å². The lowest BCUT2D eigenvalue weighted by Gasteiger charge is -2.73. The molecule has 1 saturated heterocycles. The van der Waals surface area contributed by atoms with Crippen molar-refractivity contribution in [3.8, 4) is 0 Å². The number of hydrogen-bond acceptors (Lipinski definition) is 5. The largest absolute Gasteiger partial charge is 0.481 e. The minimum absolute atomic E-state index is 0.0612. The van der Waals surface area contributed by atoms with Crippen molar-refractivity contribution in [2.75, 3.05) is 19.6 Å². The fourth-order valence-electron chi connectivity index (χ4n) is 16.8. The molecule has 8 fully saturated rings. The number of amides is 1. The number of fused-ring (bicyclic) bond motifs is 7. The molecule has 7 aliphatic carbocycles. The first-order chi connectivity index (χ1) is 25.8. The maximum absolute atomic E-state index is 15.2.